The number of anilines is 2. The second-order valence-corrected chi connectivity index (χ2v) is 8.15. The first-order valence-electron chi connectivity index (χ1n) is 8.91. The summed E-state index contributed by atoms with van der Waals surface area (Å²) in [5, 5.41) is 7.25. The zero-order valence-corrected chi connectivity index (χ0v) is 18.6. The molecule has 3 aromatic rings. The van der Waals surface area contributed by atoms with Crippen LogP contribution in [0.25, 0.3) is 11.1 Å². The minimum atomic E-state index is -0.799. The Morgan fingerprint density at radius 1 is 1.07 bits per heavy atom. The van der Waals surface area contributed by atoms with Crippen molar-refractivity contribution in [2.24, 2.45) is 5.73 Å². The van der Waals surface area contributed by atoms with Crippen molar-refractivity contribution in [1.82, 2.24) is 0 Å². The highest BCUT2D eigenvalue weighted by Crippen LogP contribution is 2.30. The van der Waals surface area contributed by atoms with Crippen LogP contribution in [-0.2, 0) is 0 Å². The van der Waals surface area contributed by atoms with Gasteiger partial charge >= 0.3 is 0 Å². The van der Waals surface area contributed by atoms with Gasteiger partial charge in [0.15, 0.2) is 5.11 Å². The molecule has 3 rings (SSSR count). The van der Waals surface area contributed by atoms with Gasteiger partial charge in [-0.3, -0.25) is 4.79 Å². The second kappa shape index (κ2) is 9.47. The van der Waals surface area contributed by atoms with E-state index in [0.717, 1.165) is 21.8 Å². The molecule has 0 unspecified atom stereocenters. The van der Waals surface area contributed by atoms with Gasteiger partial charge < -0.3 is 16.4 Å². The maximum atomic E-state index is 14.7. The molecule has 0 aliphatic rings. The molecule has 0 heterocycles. The lowest BCUT2D eigenvalue weighted by atomic mass is 9.97. The van der Waals surface area contributed by atoms with Crippen molar-refractivity contribution in [2.45, 2.75) is 11.8 Å². The number of halogens is 2. The lowest BCUT2D eigenvalue weighted by Crippen LogP contribution is -2.19. The molecule has 3 aromatic carbocycles. The van der Waals surface area contributed by atoms with E-state index < -0.39 is 11.7 Å². The average Bonchev–Trinajstić information content (AvgIpc) is 2.68. The Hall–Kier alpha value is -2.61. The minimum absolute atomic E-state index is 0.134. The van der Waals surface area contributed by atoms with E-state index in [9.17, 15) is 9.18 Å². The lowest BCUT2D eigenvalue weighted by molar-refractivity contribution is 0.0996. The standard InChI is InChI=1S/C22H19ClFN3OS2/c1-12-10-13(26-22(29)27-14-7-9-19(30-2)18(23)11-14)6-8-15(12)16-4-3-5-17(20(16)24)21(25)28/h3-11H,1-2H3,(H2,25,28)(H2,26,27,29). The van der Waals surface area contributed by atoms with Gasteiger partial charge in [0.1, 0.15) is 5.82 Å². The van der Waals surface area contributed by atoms with Crippen LogP contribution >= 0.6 is 35.6 Å². The number of carbonyl (C=O) groups excluding carboxylic acids is 1. The van der Waals surface area contributed by atoms with Crippen molar-refractivity contribution in [3.8, 4) is 11.1 Å². The second-order valence-electron chi connectivity index (χ2n) is 6.49. The first kappa shape index (κ1) is 22.1. The first-order valence-corrected chi connectivity index (χ1v) is 10.9. The summed E-state index contributed by atoms with van der Waals surface area (Å²) in [5.74, 6) is -1.43. The average molecular weight is 460 g/mol. The monoisotopic (exact) mass is 459 g/mol. The quantitative estimate of drug-likeness (QED) is 0.318. The van der Waals surface area contributed by atoms with Crippen LogP contribution in [0.5, 0.6) is 0 Å². The Morgan fingerprint density at radius 3 is 2.33 bits per heavy atom. The summed E-state index contributed by atoms with van der Waals surface area (Å²) in [6.45, 7) is 1.86. The first-order chi connectivity index (χ1) is 14.3. The van der Waals surface area contributed by atoms with Crippen LogP contribution in [0.2, 0.25) is 5.02 Å². The third-order valence-electron chi connectivity index (χ3n) is 4.45. The van der Waals surface area contributed by atoms with Gasteiger partial charge in [0, 0.05) is 21.8 Å². The Kier molecular flexibility index (Phi) is 6.97. The number of carbonyl (C=O) groups is 1. The van der Waals surface area contributed by atoms with Crippen molar-refractivity contribution in [3.05, 3.63) is 76.6 Å². The lowest BCUT2D eigenvalue weighted by Gasteiger charge is -2.14. The van der Waals surface area contributed by atoms with Crippen LogP contribution in [-0.4, -0.2) is 17.3 Å². The normalized spacial score (nSPS) is 10.5. The van der Waals surface area contributed by atoms with E-state index in [1.165, 1.54) is 6.07 Å². The van der Waals surface area contributed by atoms with Gasteiger partial charge in [-0.2, -0.15) is 0 Å². The fraction of sp³-hybridized carbons (Fsp3) is 0.0909. The van der Waals surface area contributed by atoms with Gasteiger partial charge in [-0.05, 0) is 72.9 Å². The maximum absolute atomic E-state index is 14.7. The van der Waals surface area contributed by atoms with E-state index in [1.54, 1.807) is 36.0 Å². The molecule has 1 amide bonds. The van der Waals surface area contributed by atoms with Crippen molar-refractivity contribution in [1.29, 1.82) is 0 Å². The number of nitrogens with one attached hydrogen (secondary N) is 2. The predicted octanol–water partition coefficient (Wildman–Crippen LogP) is 6.08. The van der Waals surface area contributed by atoms with Gasteiger partial charge in [0.05, 0.1) is 10.6 Å². The molecule has 0 saturated heterocycles. The SMILES string of the molecule is CSc1ccc(NC(=S)Nc2ccc(-c3cccc(C(N)=O)c3F)c(C)c2)cc1Cl. The molecule has 0 fully saturated rings. The number of primary amides is 1. The smallest absolute Gasteiger partial charge is 0.251 e. The van der Waals surface area contributed by atoms with Crippen LogP contribution < -0.4 is 16.4 Å². The van der Waals surface area contributed by atoms with Gasteiger partial charge in [-0.25, -0.2) is 4.39 Å². The number of hydrogen-bond acceptors (Lipinski definition) is 3. The Bertz CT molecular complexity index is 1140. The van der Waals surface area contributed by atoms with E-state index in [4.69, 9.17) is 29.6 Å². The number of hydrogen-bond donors (Lipinski definition) is 3. The van der Waals surface area contributed by atoms with Crippen molar-refractivity contribution < 1.29 is 9.18 Å². The molecule has 0 spiro atoms. The Labute approximate surface area is 189 Å². The van der Waals surface area contributed by atoms with Gasteiger partial charge in [0.2, 0.25) is 0 Å². The summed E-state index contributed by atoms with van der Waals surface area (Å²) < 4.78 is 14.7. The zero-order chi connectivity index (χ0) is 21.8. The molecule has 0 aliphatic carbocycles. The Morgan fingerprint density at radius 2 is 1.73 bits per heavy atom. The van der Waals surface area contributed by atoms with Gasteiger partial charge in [-0.15, -0.1) is 11.8 Å². The third-order valence-corrected chi connectivity index (χ3v) is 5.87. The fourth-order valence-corrected chi connectivity index (χ4v) is 4.12. The highest BCUT2D eigenvalue weighted by atomic mass is 35.5. The number of aryl methyl sites for hydroxylation is 1. The van der Waals surface area contributed by atoms with Crippen LogP contribution in [0.4, 0.5) is 15.8 Å². The molecule has 0 radical (unpaired) electrons. The summed E-state index contributed by atoms with van der Waals surface area (Å²) in [5.41, 5.74) is 8.43. The summed E-state index contributed by atoms with van der Waals surface area (Å²) in [7, 11) is 0. The fourth-order valence-electron chi connectivity index (χ4n) is 3.01. The highest BCUT2D eigenvalue weighted by Gasteiger charge is 2.15. The van der Waals surface area contributed by atoms with E-state index in [-0.39, 0.29) is 5.56 Å². The maximum Gasteiger partial charge on any atom is 0.251 e. The number of nitrogens with two attached hydrogens (primary N) is 1. The molecule has 0 aromatic heterocycles. The summed E-state index contributed by atoms with van der Waals surface area (Å²) in [4.78, 5) is 12.4. The molecule has 0 aliphatic heterocycles. The van der Waals surface area contributed by atoms with Crippen LogP contribution in [0, 0.1) is 12.7 Å². The minimum Gasteiger partial charge on any atom is -0.366 e. The number of rotatable bonds is 5. The topological polar surface area (TPSA) is 67.2 Å². The molecule has 154 valence electrons. The number of thioether (sulfide) groups is 1. The molecule has 4 N–H and O–H groups in total. The summed E-state index contributed by atoms with van der Waals surface area (Å²) in [6, 6.07) is 15.6. The van der Waals surface area contributed by atoms with E-state index >= 15 is 0 Å². The van der Waals surface area contributed by atoms with Crippen LogP contribution in [0.15, 0.2) is 59.5 Å². The molecule has 0 saturated carbocycles. The van der Waals surface area contributed by atoms with Crippen LogP contribution in [0.1, 0.15) is 15.9 Å². The van der Waals surface area contributed by atoms with Gasteiger partial charge in [-0.1, -0.05) is 29.8 Å². The number of thiocarbonyl (C=S) groups is 1. The van der Waals surface area contributed by atoms with E-state index in [1.807, 2.05) is 37.4 Å². The molecule has 0 atom stereocenters. The van der Waals surface area contributed by atoms with E-state index in [0.29, 0.717) is 21.3 Å². The van der Waals surface area contributed by atoms with Crippen LogP contribution in [0.3, 0.4) is 0 Å². The molecular weight excluding hydrogens is 441 g/mol. The summed E-state index contributed by atoms with van der Waals surface area (Å²) >= 11 is 13.2. The predicted molar refractivity (Wildman–Crippen MR) is 128 cm³/mol. The van der Waals surface area contributed by atoms with Crippen molar-refractivity contribution in [2.75, 3.05) is 16.9 Å². The largest absolute Gasteiger partial charge is 0.366 e. The number of benzene rings is 3. The third kappa shape index (κ3) is 4.92. The Balaban J connectivity index is 1.77. The molecule has 8 heteroatoms. The number of amides is 1. The van der Waals surface area contributed by atoms with Gasteiger partial charge in [0.25, 0.3) is 5.91 Å². The van der Waals surface area contributed by atoms with Crippen molar-refractivity contribution in [3.63, 3.8) is 0 Å². The zero-order valence-electron chi connectivity index (χ0n) is 16.3. The van der Waals surface area contributed by atoms with E-state index in [2.05, 4.69) is 10.6 Å². The highest BCUT2D eigenvalue weighted by molar-refractivity contribution is 7.98. The van der Waals surface area contributed by atoms with Crippen molar-refractivity contribution >= 4 is 58.0 Å². The molecule has 4 nitrogen and oxygen atoms in total. The molecule has 30 heavy (non-hydrogen) atoms. The molecular formula is C22H19ClFN3OS2. The molecule has 0 bridgehead atoms. The summed E-state index contributed by atoms with van der Waals surface area (Å²) in [6.07, 6.45) is 1.96.